The Hall–Kier alpha value is -2.13. The van der Waals surface area contributed by atoms with Crippen LogP contribution in [0.2, 0.25) is 5.02 Å². The van der Waals surface area contributed by atoms with Gasteiger partial charge >= 0.3 is 0 Å². The summed E-state index contributed by atoms with van der Waals surface area (Å²) in [6.07, 6.45) is 1.74. The molecule has 0 aliphatic carbocycles. The summed E-state index contributed by atoms with van der Waals surface area (Å²) in [5.41, 5.74) is 2.69. The van der Waals surface area contributed by atoms with Gasteiger partial charge in [-0.25, -0.2) is 0 Å². The van der Waals surface area contributed by atoms with Crippen LogP contribution in [0.4, 0.5) is 5.69 Å². The van der Waals surface area contributed by atoms with Crippen molar-refractivity contribution in [3.05, 3.63) is 58.6 Å². The second-order valence-electron chi connectivity index (χ2n) is 4.77. The molecule has 0 bridgehead atoms. The maximum absolute atomic E-state index is 11.0. The van der Waals surface area contributed by atoms with E-state index in [4.69, 9.17) is 16.3 Å². The average molecular weight is 302 g/mol. The van der Waals surface area contributed by atoms with Gasteiger partial charge in [0.2, 0.25) is 0 Å². The Balaban J connectivity index is 2.22. The number of hydrogen-bond acceptors (Lipinski definition) is 3. The number of carbonyl (C=O) groups excluding carboxylic acids is 1. The van der Waals surface area contributed by atoms with Gasteiger partial charge in [-0.15, -0.1) is 0 Å². The van der Waals surface area contributed by atoms with Crippen molar-refractivity contribution in [1.29, 1.82) is 0 Å². The number of rotatable bonds is 5. The smallest absolute Gasteiger partial charge is 0.167 e. The van der Waals surface area contributed by atoms with Crippen molar-refractivity contribution >= 4 is 29.3 Å². The summed E-state index contributed by atoms with van der Waals surface area (Å²) in [5, 5.41) is 0.688. The molecule has 108 valence electrons. The molecule has 4 heteroatoms. The van der Waals surface area contributed by atoms with Crippen molar-refractivity contribution in [1.82, 2.24) is 0 Å². The molecule has 2 aromatic rings. The van der Waals surface area contributed by atoms with Gasteiger partial charge in [0.15, 0.2) is 5.78 Å². The highest BCUT2D eigenvalue weighted by Gasteiger charge is 2.04. The molecule has 2 rings (SSSR count). The molecule has 0 heterocycles. The summed E-state index contributed by atoms with van der Waals surface area (Å²) < 4.78 is 5.50. The summed E-state index contributed by atoms with van der Waals surface area (Å²) in [7, 11) is 0. The first-order valence-corrected chi connectivity index (χ1v) is 6.95. The second-order valence-corrected chi connectivity index (χ2v) is 5.21. The minimum atomic E-state index is -0.0239. The summed E-state index contributed by atoms with van der Waals surface area (Å²) in [5.74, 6) is 0.583. The van der Waals surface area contributed by atoms with Gasteiger partial charge in [-0.3, -0.25) is 9.79 Å². The molecular weight excluding hydrogens is 286 g/mol. The van der Waals surface area contributed by atoms with E-state index in [0.717, 1.165) is 11.1 Å². The summed E-state index contributed by atoms with van der Waals surface area (Å²) in [6.45, 7) is 3.51. The molecule has 0 aliphatic heterocycles. The van der Waals surface area contributed by atoms with E-state index in [1.54, 1.807) is 6.21 Å². The van der Waals surface area contributed by atoms with Crippen molar-refractivity contribution < 1.29 is 9.53 Å². The lowest BCUT2D eigenvalue weighted by Crippen LogP contribution is -2.06. The topological polar surface area (TPSA) is 38.7 Å². The highest BCUT2D eigenvalue weighted by Crippen LogP contribution is 2.28. The average Bonchev–Trinajstić information content (AvgIpc) is 2.45. The molecule has 0 saturated heterocycles. The molecule has 0 spiro atoms. The van der Waals surface area contributed by atoms with Gasteiger partial charge in [0, 0.05) is 11.2 Å². The van der Waals surface area contributed by atoms with Crippen molar-refractivity contribution in [2.24, 2.45) is 4.99 Å². The Morgan fingerprint density at radius 2 is 1.95 bits per heavy atom. The maximum atomic E-state index is 11.0. The van der Waals surface area contributed by atoms with Gasteiger partial charge in [-0.05, 0) is 49.2 Å². The second kappa shape index (κ2) is 7.04. The number of aryl methyl sites for hydroxylation is 1. The third kappa shape index (κ3) is 4.72. The highest BCUT2D eigenvalue weighted by molar-refractivity contribution is 6.30. The molecular formula is C17H16ClNO2. The fourth-order valence-corrected chi connectivity index (χ4v) is 1.84. The number of ether oxygens (including phenoxy) is 1. The predicted molar refractivity (Wildman–Crippen MR) is 86.1 cm³/mol. The number of nitrogens with zero attached hydrogens (tertiary/aromatic N) is 1. The predicted octanol–water partition coefficient (Wildman–Crippen LogP) is 4.37. The van der Waals surface area contributed by atoms with Gasteiger partial charge in [0.05, 0.1) is 0 Å². The molecule has 0 unspecified atom stereocenters. The first-order valence-electron chi connectivity index (χ1n) is 6.57. The molecule has 0 aliphatic rings. The highest BCUT2D eigenvalue weighted by atomic mass is 35.5. The molecule has 21 heavy (non-hydrogen) atoms. The van der Waals surface area contributed by atoms with Gasteiger partial charge < -0.3 is 4.74 Å². The van der Waals surface area contributed by atoms with Gasteiger partial charge in [-0.2, -0.15) is 0 Å². The number of aliphatic imine (C=N–C) groups is 1. The van der Waals surface area contributed by atoms with E-state index in [9.17, 15) is 4.79 Å². The van der Waals surface area contributed by atoms with Crippen molar-refractivity contribution in [2.45, 2.75) is 13.8 Å². The fourth-order valence-electron chi connectivity index (χ4n) is 1.72. The van der Waals surface area contributed by atoms with E-state index in [1.165, 1.54) is 6.92 Å². The van der Waals surface area contributed by atoms with Gasteiger partial charge in [-0.1, -0.05) is 29.8 Å². The molecule has 0 N–H and O–H groups in total. The molecule has 0 amide bonds. The summed E-state index contributed by atoms with van der Waals surface area (Å²) in [6, 6.07) is 13.1. The van der Waals surface area contributed by atoms with Gasteiger partial charge in [0.25, 0.3) is 0 Å². The van der Waals surface area contributed by atoms with Crippen molar-refractivity contribution in [3.8, 4) is 5.75 Å². The number of benzene rings is 2. The fraction of sp³-hybridized carbons (Fsp3) is 0.176. The first kappa shape index (κ1) is 15.3. The number of hydrogen-bond donors (Lipinski definition) is 0. The molecule has 0 atom stereocenters. The molecule has 3 nitrogen and oxygen atoms in total. The van der Waals surface area contributed by atoms with Crippen LogP contribution in [0.1, 0.15) is 18.1 Å². The number of carbonyl (C=O) groups is 1. The summed E-state index contributed by atoms with van der Waals surface area (Å²) >= 11 is 5.85. The van der Waals surface area contributed by atoms with Crippen LogP contribution in [0.3, 0.4) is 0 Å². The van der Waals surface area contributed by atoms with Crippen LogP contribution in [0.5, 0.6) is 5.75 Å². The Bertz CT molecular complexity index is 663. The van der Waals surface area contributed by atoms with E-state index in [1.807, 2.05) is 49.4 Å². The Labute approximate surface area is 129 Å². The number of Topliss-reactive ketones (excluding diaryl/α,β-unsaturated/α-hetero) is 1. The third-order valence-electron chi connectivity index (χ3n) is 2.77. The first-order chi connectivity index (χ1) is 10.0. The molecule has 0 fully saturated rings. The zero-order valence-corrected chi connectivity index (χ0v) is 12.7. The third-order valence-corrected chi connectivity index (χ3v) is 3.02. The Morgan fingerprint density at radius 1 is 1.24 bits per heavy atom. The van der Waals surface area contributed by atoms with Crippen LogP contribution in [0.15, 0.2) is 47.5 Å². The largest absolute Gasteiger partial charge is 0.484 e. The standard InChI is InChI=1S/C17H16ClNO2/c1-12-3-8-16(17(9-12)21-11-13(2)20)19-10-14-4-6-15(18)7-5-14/h3-10H,11H2,1-2H3. The Kier molecular flexibility index (Phi) is 5.12. The Morgan fingerprint density at radius 3 is 2.62 bits per heavy atom. The minimum Gasteiger partial charge on any atom is -0.484 e. The minimum absolute atomic E-state index is 0.0239. The summed E-state index contributed by atoms with van der Waals surface area (Å²) in [4.78, 5) is 15.5. The molecule has 2 aromatic carbocycles. The SMILES string of the molecule is CC(=O)COc1cc(C)ccc1N=Cc1ccc(Cl)cc1. The van der Waals surface area contributed by atoms with E-state index in [0.29, 0.717) is 16.5 Å². The van der Waals surface area contributed by atoms with Crippen LogP contribution in [0.25, 0.3) is 0 Å². The zero-order chi connectivity index (χ0) is 15.2. The van der Waals surface area contributed by atoms with E-state index < -0.39 is 0 Å². The number of halogens is 1. The van der Waals surface area contributed by atoms with E-state index in [2.05, 4.69) is 4.99 Å². The van der Waals surface area contributed by atoms with Crippen LogP contribution >= 0.6 is 11.6 Å². The normalized spacial score (nSPS) is 10.8. The lowest BCUT2D eigenvalue weighted by Gasteiger charge is -2.08. The quantitative estimate of drug-likeness (QED) is 0.769. The molecule has 0 aromatic heterocycles. The maximum Gasteiger partial charge on any atom is 0.167 e. The zero-order valence-electron chi connectivity index (χ0n) is 12.0. The van der Waals surface area contributed by atoms with Crippen LogP contribution in [-0.4, -0.2) is 18.6 Å². The van der Waals surface area contributed by atoms with Crippen LogP contribution < -0.4 is 4.74 Å². The van der Waals surface area contributed by atoms with E-state index in [-0.39, 0.29) is 12.4 Å². The van der Waals surface area contributed by atoms with Crippen LogP contribution in [0, 0.1) is 6.92 Å². The number of ketones is 1. The van der Waals surface area contributed by atoms with Crippen molar-refractivity contribution in [3.63, 3.8) is 0 Å². The lowest BCUT2D eigenvalue weighted by molar-refractivity contribution is -0.118. The lowest BCUT2D eigenvalue weighted by atomic mass is 10.2. The monoisotopic (exact) mass is 301 g/mol. The van der Waals surface area contributed by atoms with Gasteiger partial charge in [0.1, 0.15) is 18.0 Å². The van der Waals surface area contributed by atoms with Crippen LogP contribution in [-0.2, 0) is 4.79 Å². The molecule has 0 radical (unpaired) electrons. The van der Waals surface area contributed by atoms with E-state index >= 15 is 0 Å². The molecule has 0 saturated carbocycles. The van der Waals surface area contributed by atoms with Crippen molar-refractivity contribution in [2.75, 3.05) is 6.61 Å².